The summed E-state index contributed by atoms with van der Waals surface area (Å²) in [6.45, 7) is 0. The van der Waals surface area contributed by atoms with Crippen molar-refractivity contribution >= 4 is 17.3 Å². The molecule has 1 atom stereocenters. The van der Waals surface area contributed by atoms with E-state index in [1.807, 2.05) is 12.1 Å². The number of carbonyl (C=O) groups excluding carboxylic acids is 2. The number of ketones is 1. The monoisotopic (exact) mass is 246 g/mol. The zero-order valence-electron chi connectivity index (χ0n) is 10.3. The fourth-order valence-corrected chi connectivity index (χ4v) is 2.06. The van der Waals surface area contributed by atoms with E-state index in [-0.39, 0.29) is 18.2 Å². The van der Waals surface area contributed by atoms with Gasteiger partial charge in [0.1, 0.15) is 5.75 Å². The number of methoxy groups -OCH3 is 2. The van der Waals surface area contributed by atoms with Gasteiger partial charge in [0.25, 0.3) is 0 Å². The second-order valence-corrected chi connectivity index (χ2v) is 4.07. The maximum atomic E-state index is 11.6. The Balaban J connectivity index is 2.31. The first-order chi connectivity index (χ1) is 8.65. The van der Waals surface area contributed by atoms with Gasteiger partial charge in [-0.05, 0) is 29.3 Å². The maximum absolute atomic E-state index is 11.6. The third-order valence-electron chi connectivity index (χ3n) is 3.01. The average Bonchev–Trinajstić information content (AvgIpc) is 2.80. The van der Waals surface area contributed by atoms with Gasteiger partial charge in [0.15, 0.2) is 5.78 Å². The number of esters is 1. The molecule has 2 rings (SSSR count). The van der Waals surface area contributed by atoms with E-state index < -0.39 is 5.92 Å². The molecule has 0 spiro atoms. The number of allylic oxidation sites excluding steroid dienone is 1. The Morgan fingerprint density at radius 1 is 1.22 bits per heavy atom. The summed E-state index contributed by atoms with van der Waals surface area (Å²) in [5.74, 6) is -0.173. The van der Waals surface area contributed by atoms with Crippen LogP contribution in [-0.4, -0.2) is 26.0 Å². The second-order valence-electron chi connectivity index (χ2n) is 4.07. The van der Waals surface area contributed by atoms with Crippen molar-refractivity contribution in [3.63, 3.8) is 0 Å². The summed E-state index contributed by atoms with van der Waals surface area (Å²) in [6, 6.07) is 7.26. The molecular weight excluding hydrogens is 232 g/mol. The Morgan fingerprint density at radius 3 is 2.44 bits per heavy atom. The van der Waals surface area contributed by atoms with Gasteiger partial charge in [-0.1, -0.05) is 12.1 Å². The first kappa shape index (κ1) is 12.4. The normalized spacial score (nSPS) is 18.4. The van der Waals surface area contributed by atoms with E-state index >= 15 is 0 Å². The van der Waals surface area contributed by atoms with Crippen LogP contribution in [0.3, 0.4) is 0 Å². The average molecular weight is 246 g/mol. The minimum absolute atomic E-state index is 0.0452. The van der Waals surface area contributed by atoms with Crippen LogP contribution in [0.1, 0.15) is 12.0 Å². The van der Waals surface area contributed by atoms with Crippen molar-refractivity contribution in [1.82, 2.24) is 0 Å². The van der Waals surface area contributed by atoms with E-state index in [2.05, 4.69) is 0 Å². The molecule has 1 unspecified atom stereocenters. The number of hydrogen-bond acceptors (Lipinski definition) is 4. The van der Waals surface area contributed by atoms with Crippen LogP contribution in [0.25, 0.3) is 5.57 Å². The molecule has 0 aliphatic heterocycles. The molecule has 1 aromatic carbocycles. The van der Waals surface area contributed by atoms with Crippen LogP contribution in [0.2, 0.25) is 0 Å². The molecule has 0 heterocycles. The van der Waals surface area contributed by atoms with Crippen molar-refractivity contribution in [2.45, 2.75) is 6.42 Å². The van der Waals surface area contributed by atoms with Gasteiger partial charge in [0, 0.05) is 6.42 Å². The fourth-order valence-electron chi connectivity index (χ4n) is 2.06. The van der Waals surface area contributed by atoms with Crippen molar-refractivity contribution in [2.75, 3.05) is 14.2 Å². The van der Waals surface area contributed by atoms with Crippen LogP contribution < -0.4 is 4.74 Å². The number of ether oxygens (including phenoxy) is 2. The van der Waals surface area contributed by atoms with E-state index in [0.717, 1.165) is 16.9 Å². The Labute approximate surface area is 105 Å². The first-order valence-electron chi connectivity index (χ1n) is 5.62. The Hall–Kier alpha value is -2.10. The Bertz CT molecular complexity index is 499. The molecule has 0 N–H and O–H groups in total. The first-order valence-corrected chi connectivity index (χ1v) is 5.62. The zero-order chi connectivity index (χ0) is 13.1. The van der Waals surface area contributed by atoms with Gasteiger partial charge >= 0.3 is 5.97 Å². The lowest BCUT2D eigenvalue weighted by atomic mass is 9.95. The highest BCUT2D eigenvalue weighted by atomic mass is 16.5. The van der Waals surface area contributed by atoms with Gasteiger partial charge in [0.2, 0.25) is 0 Å². The lowest BCUT2D eigenvalue weighted by Gasteiger charge is -2.12. The van der Waals surface area contributed by atoms with Crippen LogP contribution in [0.5, 0.6) is 5.75 Å². The molecular formula is C14H14O4. The molecule has 1 aliphatic carbocycles. The van der Waals surface area contributed by atoms with Gasteiger partial charge in [0.05, 0.1) is 20.1 Å². The maximum Gasteiger partial charge on any atom is 0.313 e. The highest BCUT2D eigenvalue weighted by Gasteiger charge is 2.32. The lowest BCUT2D eigenvalue weighted by Crippen LogP contribution is -2.16. The van der Waals surface area contributed by atoms with E-state index in [0.29, 0.717) is 0 Å². The molecule has 0 bridgehead atoms. The molecule has 1 aliphatic rings. The third-order valence-corrected chi connectivity index (χ3v) is 3.01. The highest BCUT2D eigenvalue weighted by molar-refractivity contribution is 6.08. The molecule has 94 valence electrons. The minimum Gasteiger partial charge on any atom is -0.497 e. The Kier molecular flexibility index (Phi) is 3.46. The number of carbonyl (C=O) groups is 2. The zero-order valence-corrected chi connectivity index (χ0v) is 10.3. The van der Waals surface area contributed by atoms with Crippen molar-refractivity contribution in [2.24, 2.45) is 5.92 Å². The Morgan fingerprint density at radius 2 is 1.89 bits per heavy atom. The lowest BCUT2D eigenvalue weighted by molar-refractivity contribution is -0.144. The molecule has 0 amide bonds. The van der Waals surface area contributed by atoms with Crippen molar-refractivity contribution < 1.29 is 19.1 Å². The molecule has 0 saturated heterocycles. The van der Waals surface area contributed by atoms with Gasteiger partial charge < -0.3 is 9.47 Å². The fraction of sp³-hybridized carbons (Fsp3) is 0.286. The van der Waals surface area contributed by atoms with Crippen LogP contribution >= 0.6 is 0 Å². The van der Waals surface area contributed by atoms with Crippen LogP contribution in [0, 0.1) is 5.92 Å². The largest absolute Gasteiger partial charge is 0.497 e. The summed E-state index contributed by atoms with van der Waals surface area (Å²) < 4.78 is 9.79. The minimum atomic E-state index is -0.490. The number of hydrogen-bond donors (Lipinski definition) is 0. The van der Waals surface area contributed by atoms with E-state index in [1.54, 1.807) is 19.2 Å². The van der Waals surface area contributed by atoms with E-state index in [9.17, 15) is 9.59 Å². The van der Waals surface area contributed by atoms with Crippen LogP contribution in [0.15, 0.2) is 30.3 Å². The number of benzene rings is 1. The van der Waals surface area contributed by atoms with Crippen LogP contribution in [0.4, 0.5) is 0 Å². The van der Waals surface area contributed by atoms with Gasteiger partial charge in [-0.3, -0.25) is 9.59 Å². The summed E-state index contributed by atoms with van der Waals surface area (Å²) in [7, 11) is 2.92. The van der Waals surface area contributed by atoms with Gasteiger partial charge in [-0.15, -0.1) is 0 Å². The molecule has 4 nitrogen and oxygen atoms in total. The smallest absolute Gasteiger partial charge is 0.313 e. The molecule has 1 aromatic rings. The molecule has 0 radical (unpaired) electrons. The summed E-state index contributed by atoms with van der Waals surface area (Å²) >= 11 is 0. The molecule has 18 heavy (non-hydrogen) atoms. The summed E-state index contributed by atoms with van der Waals surface area (Å²) in [6.07, 6.45) is 1.71. The SMILES string of the molecule is COC(=O)C1CC(=O)C=C1c1ccc(OC)cc1. The predicted octanol–water partition coefficient (Wildman–Crippen LogP) is 1.84. The van der Waals surface area contributed by atoms with Crippen molar-refractivity contribution in [1.29, 1.82) is 0 Å². The van der Waals surface area contributed by atoms with E-state index in [1.165, 1.54) is 13.2 Å². The second kappa shape index (κ2) is 5.04. The predicted molar refractivity (Wildman–Crippen MR) is 66.1 cm³/mol. The topological polar surface area (TPSA) is 52.6 Å². The quantitative estimate of drug-likeness (QED) is 0.764. The summed E-state index contributed by atoms with van der Waals surface area (Å²) in [4.78, 5) is 23.1. The van der Waals surface area contributed by atoms with Crippen LogP contribution in [-0.2, 0) is 14.3 Å². The van der Waals surface area contributed by atoms with Crippen molar-refractivity contribution in [3.05, 3.63) is 35.9 Å². The molecule has 0 saturated carbocycles. The summed E-state index contributed by atoms with van der Waals surface area (Å²) in [5.41, 5.74) is 1.56. The summed E-state index contributed by atoms with van der Waals surface area (Å²) in [5, 5.41) is 0. The highest BCUT2D eigenvalue weighted by Crippen LogP contribution is 2.33. The number of rotatable bonds is 3. The van der Waals surface area contributed by atoms with Gasteiger partial charge in [-0.25, -0.2) is 0 Å². The van der Waals surface area contributed by atoms with E-state index in [4.69, 9.17) is 9.47 Å². The molecule has 4 heteroatoms. The molecule has 0 fully saturated rings. The third kappa shape index (κ3) is 2.27. The van der Waals surface area contributed by atoms with Crippen molar-refractivity contribution in [3.8, 4) is 5.75 Å². The standard InChI is InChI=1S/C14H14O4/c1-17-11-5-3-9(4-6-11)12-7-10(15)8-13(12)14(16)18-2/h3-7,13H,8H2,1-2H3. The molecule has 0 aromatic heterocycles. The van der Waals surface area contributed by atoms with Gasteiger partial charge in [-0.2, -0.15) is 0 Å².